The molecule has 6 nitrogen and oxygen atoms in total. The summed E-state index contributed by atoms with van der Waals surface area (Å²) in [6.07, 6.45) is -1.57. The predicted octanol–water partition coefficient (Wildman–Crippen LogP) is 6.23. The molecule has 0 radical (unpaired) electrons. The zero-order valence-corrected chi connectivity index (χ0v) is 24.2. The number of pyridine rings is 1. The standard InChI is InChI=1S/C30H29F5N4O2S/c1-17-21(11-22-23(30(33,34)35)8-6-9-24(22)31)29-39(28(40)26(17)20-7-5-10-25(41-4)27(20)32)19(16-42-29)15-37(2)13-18-12-36-38(3)14-18/h5-10,12,14,19H,11,13,15-16H2,1-4H3. The second kappa shape index (κ2) is 11.6. The molecule has 0 saturated carbocycles. The van der Waals surface area contributed by atoms with Gasteiger partial charge in [0.25, 0.3) is 5.56 Å². The fourth-order valence-electron chi connectivity index (χ4n) is 5.56. The van der Waals surface area contributed by atoms with Crippen LogP contribution in [-0.2, 0) is 26.2 Å². The molecule has 2 aromatic carbocycles. The molecule has 0 spiro atoms. The second-order valence-corrected chi connectivity index (χ2v) is 11.4. The number of benzene rings is 2. The molecule has 0 amide bonds. The lowest BCUT2D eigenvalue weighted by molar-refractivity contribution is -0.138. The average molecular weight is 605 g/mol. The number of likely N-dealkylation sites (N-methyl/N-ethyl adjacent to an activating group) is 1. The quantitative estimate of drug-likeness (QED) is 0.223. The Morgan fingerprint density at radius 3 is 2.55 bits per heavy atom. The van der Waals surface area contributed by atoms with Gasteiger partial charge in [0, 0.05) is 55.2 Å². The topological polar surface area (TPSA) is 52.3 Å². The van der Waals surface area contributed by atoms with E-state index in [0.717, 1.165) is 23.8 Å². The van der Waals surface area contributed by atoms with Crippen LogP contribution in [0.5, 0.6) is 5.75 Å². The summed E-state index contributed by atoms with van der Waals surface area (Å²) < 4.78 is 80.7. The van der Waals surface area contributed by atoms with Crippen molar-refractivity contribution in [3.63, 3.8) is 0 Å². The van der Waals surface area contributed by atoms with E-state index in [-0.39, 0.29) is 22.9 Å². The Kier molecular flexibility index (Phi) is 8.21. The van der Waals surface area contributed by atoms with Gasteiger partial charge in [-0.1, -0.05) is 18.2 Å². The first-order chi connectivity index (χ1) is 19.9. The number of nitrogens with zero attached hydrogens (tertiary/aromatic N) is 4. The number of aromatic nitrogens is 3. The lowest BCUT2D eigenvalue weighted by Crippen LogP contribution is -2.34. The lowest BCUT2D eigenvalue weighted by Gasteiger charge is -2.24. The first kappa shape index (κ1) is 29.8. The van der Waals surface area contributed by atoms with Crippen molar-refractivity contribution in [3.05, 3.63) is 98.6 Å². The minimum atomic E-state index is -4.79. The molecule has 1 aliphatic rings. The van der Waals surface area contributed by atoms with Crippen LogP contribution in [0.4, 0.5) is 22.0 Å². The number of hydrogen-bond acceptors (Lipinski definition) is 5. The zero-order valence-electron chi connectivity index (χ0n) is 23.4. The fourth-order valence-corrected chi connectivity index (χ4v) is 6.93. The van der Waals surface area contributed by atoms with Crippen LogP contribution in [0.25, 0.3) is 11.1 Å². The third-order valence-corrected chi connectivity index (χ3v) is 8.75. The number of ether oxygens (including phenoxy) is 1. The highest BCUT2D eigenvalue weighted by molar-refractivity contribution is 7.99. The molecule has 1 unspecified atom stereocenters. The second-order valence-electron chi connectivity index (χ2n) is 10.4. The van der Waals surface area contributed by atoms with Crippen LogP contribution in [0.1, 0.15) is 33.9 Å². The van der Waals surface area contributed by atoms with E-state index in [9.17, 15) is 18.0 Å². The van der Waals surface area contributed by atoms with E-state index in [4.69, 9.17) is 4.74 Å². The molecule has 0 fully saturated rings. The van der Waals surface area contributed by atoms with Gasteiger partial charge in [0.2, 0.25) is 0 Å². The van der Waals surface area contributed by atoms with Gasteiger partial charge < -0.3 is 4.74 Å². The van der Waals surface area contributed by atoms with Crippen LogP contribution in [0, 0.1) is 18.6 Å². The van der Waals surface area contributed by atoms with Gasteiger partial charge in [-0.3, -0.25) is 18.9 Å². The Balaban J connectivity index is 1.67. The number of thioether (sulfide) groups is 1. The predicted molar refractivity (Wildman–Crippen MR) is 151 cm³/mol. The molecule has 42 heavy (non-hydrogen) atoms. The number of hydrogen-bond donors (Lipinski definition) is 0. The summed E-state index contributed by atoms with van der Waals surface area (Å²) in [6.45, 7) is 2.56. The maximum absolute atomic E-state index is 15.6. The van der Waals surface area contributed by atoms with E-state index in [0.29, 0.717) is 35.0 Å². The molecule has 0 saturated heterocycles. The van der Waals surface area contributed by atoms with E-state index in [1.165, 1.54) is 35.6 Å². The summed E-state index contributed by atoms with van der Waals surface area (Å²) in [5.74, 6) is -1.37. The van der Waals surface area contributed by atoms with Crippen molar-refractivity contribution in [2.45, 2.75) is 37.1 Å². The first-order valence-corrected chi connectivity index (χ1v) is 14.1. The highest BCUT2D eigenvalue weighted by Gasteiger charge is 2.37. The molecule has 1 aliphatic heterocycles. The van der Waals surface area contributed by atoms with Gasteiger partial charge in [0.15, 0.2) is 11.6 Å². The molecular weight excluding hydrogens is 575 g/mol. The minimum absolute atomic E-state index is 0.0115. The maximum atomic E-state index is 15.6. The largest absolute Gasteiger partial charge is 0.494 e. The van der Waals surface area contributed by atoms with Crippen molar-refractivity contribution in [1.82, 2.24) is 19.2 Å². The molecule has 5 rings (SSSR count). The van der Waals surface area contributed by atoms with Crippen molar-refractivity contribution in [3.8, 4) is 16.9 Å². The summed E-state index contributed by atoms with van der Waals surface area (Å²) in [5, 5.41) is 4.64. The molecule has 2 aromatic heterocycles. The number of alkyl halides is 3. The van der Waals surface area contributed by atoms with Gasteiger partial charge in [-0.05, 0) is 43.3 Å². The van der Waals surface area contributed by atoms with Crippen LogP contribution in [0.2, 0.25) is 0 Å². The summed E-state index contributed by atoms with van der Waals surface area (Å²) >= 11 is 1.34. The molecule has 222 valence electrons. The van der Waals surface area contributed by atoms with E-state index >= 15 is 8.78 Å². The van der Waals surface area contributed by atoms with Crippen LogP contribution in [-0.4, -0.2) is 45.7 Å². The lowest BCUT2D eigenvalue weighted by atomic mass is 9.92. The van der Waals surface area contributed by atoms with Crippen molar-refractivity contribution >= 4 is 11.8 Å². The van der Waals surface area contributed by atoms with E-state index in [1.54, 1.807) is 23.9 Å². The molecule has 0 bridgehead atoms. The first-order valence-electron chi connectivity index (χ1n) is 13.1. The van der Waals surface area contributed by atoms with Crippen molar-refractivity contribution < 1.29 is 26.7 Å². The Morgan fingerprint density at radius 2 is 1.88 bits per heavy atom. The highest BCUT2D eigenvalue weighted by atomic mass is 32.2. The number of rotatable bonds is 8. The summed E-state index contributed by atoms with van der Waals surface area (Å²) in [5.41, 5.74) is -0.471. The fraction of sp³-hybridized carbons (Fsp3) is 0.333. The molecule has 12 heteroatoms. The molecule has 0 N–H and O–H groups in total. The number of methoxy groups -OCH3 is 1. The summed E-state index contributed by atoms with van der Waals surface area (Å²) in [4.78, 5) is 16.2. The van der Waals surface area contributed by atoms with Gasteiger partial charge >= 0.3 is 6.18 Å². The van der Waals surface area contributed by atoms with Gasteiger partial charge in [0.1, 0.15) is 5.82 Å². The minimum Gasteiger partial charge on any atom is -0.494 e. The monoisotopic (exact) mass is 604 g/mol. The molecule has 3 heterocycles. The van der Waals surface area contributed by atoms with Crippen molar-refractivity contribution in [1.29, 1.82) is 0 Å². The van der Waals surface area contributed by atoms with E-state index in [1.807, 2.05) is 25.2 Å². The average Bonchev–Trinajstić information content (AvgIpc) is 3.53. The van der Waals surface area contributed by atoms with Gasteiger partial charge in [0.05, 0.1) is 35.5 Å². The molecule has 0 aliphatic carbocycles. The third kappa shape index (κ3) is 5.57. The number of aryl methyl sites for hydroxylation is 1. The molecular formula is C30H29F5N4O2S. The smallest absolute Gasteiger partial charge is 0.416 e. The Bertz CT molecular complexity index is 1700. The van der Waals surface area contributed by atoms with Crippen LogP contribution in [0.3, 0.4) is 0 Å². The number of fused-ring (bicyclic) bond motifs is 1. The highest BCUT2D eigenvalue weighted by Crippen LogP contribution is 2.42. The van der Waals surface area contributed by atoms with Gasteiger partial charge in [-0.25, -0.2) is 8.78 Å². The van der Waals surface area contributed by atoms with Crippen LogP contribution in [0.15, 0.2) is 58.6 Å². The van der Waals surface area contributed by atoms with Gasteiger partial charge in [-0.15, -0.1) is 11.8 Å². The van der Waals surface area contributed by atoms with E-state index < -0.39 is 40.9 Å². The van der Waals surface area contributed by atoms with Crippen LogP contribution >= 0.6 is 11.8 Å². The van der Waals surface area contributed by atoms with Crippen LogP contribution < -0.4 is 10.3 Å². The van der Waals surface area contributed by atoms with Crippen molar-refractivity contribution in [2.24, 2.45) is 7.05 Å². The number of halogens is 5. The van der Waals surface area contributed by atoms with Gasteiger partial charge in [-0.2, -0.15) is 18.3 Å². The Morgan fingerprint density at radius 1 is 1.14 bits per heavy atom. The third-order valence-electron chi connectivity index (χ3n) is 7.48. The normalized spacial score (nSPS) is 15.0. The van der Waals surface area contributed by atoms with E-state index in [2.05, 4.69) is 5.10 Å². The zero-order chi connectivity index (χ0) is 30.3. The Labute approximate surface area is 243 Å². The summed E-state index contributed by atoms with van der Waals surface area (Å²) in [6, 6.07) is 6.88. The van der Waals surface area contributed by atoms with Crippen molar-refractivity contribution in [2.75, 3.05) is 26.5 Å². The SMILES string of the molecule is COc1cccc(-c2c(C)c(Cc3c(F)cccc3C(F)(F)F)c3n(c2=O)C(CN(C)Cc2cnn(C)c2)CS3)c1F. The maximum Gasteiger partial charge on any atom is 0.416 e. The Hall–Kier alpha value is -3.64. The molecule has 1 atom stereocenters. The molecule has 4 aromatic rings. The summed E-state index contributed by atoms with van der Waals surface area (Å²) in [7, 11) is 5.01.